The van der Waals surface area contributed by atoms with Crippen molar-refractivity contribution in [3.05, 3.63) is 0 Å². The van der Waals surface area contributed by atoms with E-state index >= 15 is 0 Å². The topological polar surface area (TPSA) is 78.4 Å². The van der Waals surface area contributed by atoms with E-state index in [1.807, 2.05) is 13.8 Å². The monoisotopic (exact) mass is 270 g/mol. The van der Waals surface area contributed by atoms with Crippen molar-refractivity contribution < 1.29 is 14.7 Å². The Hall–Kier alpha value is -1.10. The Morgan fingerprint density at radius 2 is 1.95 bits per heavy atom. The number of carboxylic acid groups (broad SMARTS) is 1. The Kier molecular flexibility index (Phi) is 6.84. The predicted molar refractivity (Wildman–Crippen MR) is 73.8 cm³/mol. The van der Waals surface area contributed by atoms with Crippen molar-refractivity contribution in [2.24, 2.45) is 11.8 Å². The minimum absolute atomic E-state index is 0.133. The largest absolute Gasteiger partial charge is 0.480 e. The highest BCUT2D eigenvalue weighted by molar-refractivity contribution is 5.83. The van der Waals surface area contributed by atoms with Gasteiger partial charge in [0.1, 0.15) is 6.04 Å². The first-order chi connectivity index (χ1) is 8.99. The number of hydrogen-bond donors (Lipinski definition) is 3. The molecule has 0 radical (unpaired) electrons. The Bertz CT molecular complexity index is 299. The lowest BCUT2D eigenvalue weighted by molar-refractivity contribution is -0.142. The first-order valence-electron chi connectivity index (χ1n) is 7.22. The van der Waals surface area contributed by atoms with Gasteiger partial charge < -0.3 is 15.7 Å². The fourth-order valence-electron chi connectivity index (χ4n) is 2.46. The average Bonchev–Trinajstić information content (AvgIpc) is 2.36. The molecule has 0 saturated carbocycles. The number of carboxylic acids is 1. The summed E-state index contributed by atoms with van der Waals surface area (Å²) in [5.74, 6) is -0.221. The molecule has 1 rings (SSSR count). The average molecular weight is 270 g/mol. The van der Waals surface area contributed by atoms with Gasteiger partial charge in [0, 0.05) is 6.42 Å². The number of piperidine rings is 1. The van der Waals surface area contributed by atoms with Crippen molar-refractivity contribution in [1.29, 1.82) is 0 Å². The number of carbonyl (C=O) groups excluding carboxylic acids is 1. The predicted octanol–water partition coefficient (Wildman–Crippen LogP) is 1.38. The van der Waals surface area contributed by atoms with E-state index in [9.17, 15) is 9.59 Å². The molecule has 0 unspecified atom stereocenters. The van der Waals surface area contributed by atoms with Gasteiger partial charge in [0.15, 0.2) is 0 Å². The zero-order valence-electron chi connectivity index (χ0n) is 11.9. The molecule has 110 valence electrons. The molecule has 0 spiro atoms. The number of hydrogen-bond acceptors (Lipinski definition) is 3. The van der Waals surface area contributed by atoms with Crippen LogP contribution in [0.2, 0.25) is 0 Å². The van der Waals surface area contributed by atoms with Gasteiger partial charge in [0.25, 0.3) is 0 Å². The van der Waals surface area contributed by atoms with E-state index in [-0.39, 0.29) is 11.8 Å². The zero-order valence-corrected chi connectivity index (χ0v) is 11.9. The molecule has 3 N–H and O–H groups in total. The molecule has 1 aliphatic rings. The summed E-state index contributed by atoms with van der Waals surface area (Å²) >= 11 is 0. The Labute approximate surface area is 115 Å². The molecular formula is C14H26N2O3. The summed E-state index contributed by atoms with van der Waals surface area (Å²) in [6.07, 6.45) is 4.01. The van der Waals surface area contributed by atoms with Crippen LogP contribution in [0.5, 0.6) is 0 Å². The maximum absolute atomic E-state index is 11.8. The molecule has 0 bridgehead atoms. The summed E-state index contributed by atoms with van der Waals surface area (Å²) in [7, 11) is 0. The normalized spacial score (nSPS) is 18.3. The molecule has 0 aromatic heterocycles. The Morgan fingerprint density at radius 1 is 1.32 bits per heavy atom. The third kappa shape index (κ3) is 6.57. The minimum Gasteiger partial charge on any atom is -0.480 e. The quantitative estimate of drug-likeness (QED) is 0.653. The maximum atomic E-state index is 11.8. The van der Waals surface area contributed by atoms with Crippen LogP contribution in [0.4, 0.5) is 0 Å². The molecule has 1 heterocycles. The van der Waals surface area contributed by atoms with Gasteiger partial charge >= 0.3 is 5.97 Å². The molecule has 1 aliphatic heterocycles. The SMILES string of the molecule is CC(C)C[C@@H](NC(=O)CCC1CCNCC1)C(=O)O. The summed E-state index contributed by atoms with van der Waals surface area (Å²) in [6.45, 7) is 5.96. The lowest BCUT2D eigenvalue weighted by Gasteiger charge is -2.22. The van der Waals surface area contributed by atoms with Gasteiger partial charge in [-0.1, -0.05) is 13.8 Å². The van der Waals surface area contributed by atoms with Crippen LogP contribution in [-0.2, 0) is 9.59 Å². The number of nitrogens with one attached hydrogen (secondary N) is 2. The molecule has 0 aliphatic carbocycles. The van der Waals surface area contributed by atoms with Gasteiger partial charge in [-0.15, -0.1) is 0 Å². The van der Waals surface area contributed by atoms with Crippen LogP contribution in [-0.4, -0.2) is 36.1 Å². The van der Waals surface area contributed by atoms with Gasteiger partial charge in [0.05, 0.1) is 0 Å². The second-order valence-electron chi connectivity index (χ2n) is 5.82. The summed E-state index contributed by atoms with van der Waals surface area (Å²) < 4.78 is 0. The third-order valence-electron chi connectivity index (χ3n) is 3.58. The van der Waals surface area contributed by atoms with Gasteiger partial charge in [0.2, 0.25) is 5.91 Å². The standard InChI is InChI=1S/C14H26N2O3/c1-10(2)9-12(14(18)19)16-13(17)4-3-11-5-7-15-8-6-11/h10-12,15H,3-9H2,1-2H3,(H,16,17)(H,18,19)/t12-/m1/s1. The van der Waals surface area contributed by atoms with Crippen LogP contribution in [0.25, 0.3) is 0 Å². The molecule has 19 heavy (non-hydrogen) atoms. The zero-order chi connectivity index (χ0) is 14.3. The van der Waals surface area contributed by atoms with Crippen molar-refractivity contribution in [2.45, 2.75) is 52.0 Å². The van der Waals surface area contributed by atoms with E-state index in [4.69, 9.17) is 5.11 Å². The van der Waals surface area contributed by atoms with E-state index in [1.54, 1.807) is 0 Å². The Morgan fingerprint density at radius 3 is 2.47 bits per heavy atom. The van der Waals surface area contributed by atoms with Crippen molar-refractivity contribution >= 4 is 11.9 Å². The molecule has 1 amide bonds. The lowest BCUT2D eigenvalue weighted by atomic mass is 9.93. The van der Waals surface area contributed by atoms with Gasteiger partial charge in [-0.2, -0.15) is 0 Å². The number of rotatable bonds is 7. The van der Waals surface area contributed by atoms with Crippen molar-refractivity contribution in [3.63, 3.8) is 0 Å². The highest BCUT2D eigenvalue weighted by Gasteiger charge is 2.21. The fourth-order valence-corrected chi connectivity index (χ4v) is 2.46. The summed E-state index contributed by atoms with van der Waals surface area (Å²) in [4.78, 5) is 22.8. The summed E-state index contributed by atoms with van der Waals surface area (Å²) in [5.41, 5.74) is 0. The highest BCUT2D eigenvalue weighted by atomic mass is 16.4. The van der Waals surface area contributed by atoms with Crippen LogP contribution in [0.15, 0.2) is 0 Å². The molecule has 1 fully saturated rings. The van der Waals surface area contributed by atoms with Crippen molar-refractivity contribution in [2.75, 3.05) is 13.1 Å². The van der Waals surface area contributed by atoms with Gasteiger partial charge in [-0.25, -0.2) is 4.79 Å². The number of carbonyl (C=O) groups is 2. The van der Waals surface area contributed by atoms with E-state index < -0.39 is 12.0 Å². The summed E-state index contributed by atoms with van der Waals surface area (Å²) in [5, 5.41) is 15.0. The van der Waals surface area contributed by atoms with Gasteiger partial charge in [-0.3, -0.25) is 4.79 Å². The Balaban J connectivity index is 2.29. The molecule has 5 nitrogen and oxygen atoms in total. The molecule has 0 aromatic rings. The van der Waals surface area contributed by atoms with E-state index in [2.05, 4.69) is 10.6 Å². The van der Waals surface area contributed by atoms with Crippen LogP contribution in [0.1, 0.15) is 46.0 Å². The first kappa shape index (κ1) is 16.0. The second-order valence-corrected chi connectivity index (χ2v) is 5.82. The van der Waals surface area contributed by atoms with Gasteiger partial charge in [-0.05, 0) is 50.6 Å². The highest BCUT2D eigenvalue weighted by Crippen LogP contribution is 2.17. The maximum Gasteiger partial charge on any atom is 0.326 e. The first-order valence-corrected chi connectivity index (χ1v) is 7.22. The molecule has 0 aromatic carbocycles. The third-order valence-corrected chi connectivity index (χ3v) is 3.58. The lowest BCUT2D eigenvalue weighted by Crippen LogP contribution is -2.41. The molecular weight excluding hydrogens is 244 g/mol. The molecule has 1 atom stereocenters. The van der Waals surface area contributed by atoms with Crippen LogP contribution < -0.4 is 10.6 Å². The smallest absolute Gasteiger partial charge is 0.326 e. The van der Waals surface area contributed by atoms with Crippen LogP contribution in [0.3, 0.4) is 0 Å². The van der Waals surface area contributed by atoms with Crippen LogP contribution in [0, 0.1) is 11.8 Å². The van der Waals surface area contributed by atoms with E-state index in [0.29, 0.717) is 18.8 Å². The van der Waals surface area contributed by atoms with Crippen molar-refractivity contribution in [3.8, 4) is 0 Å². The van der Waals surface area contributed by atoms with Crippen molar-refractivity contribution in [1.82, 2.24) is 10.6 Å². The number of aliphatic carboxylic acids is 1. The van der Waals surface area contributed by atoms with Crippen LogP contribution >= 0.6 is 0 Å². The fraction of sp³-hybridized carbons (Fsp3) is 0.857. The number of amides is 1. The minimum atomic E-state index is -0.941. The van der Waals surface area contributed by atoms with E-state index in [1.165, 1.54) is 0 Å². The van der Waals surface area contributed by atoms with E-state index in [0.717, 1.165) is 32.4 Å². The molecule has 1 saturated heterocycles. The summed E-state index contributed by atoms with van der Waals surface area (Å²) in [6, 6.07) is -0.750. The second kappa shape index (κ2) is 8.15. The molecule has 5 heteroatoms.